The molecule has 7 nitrogen and oxygen atoms in total. The molecule has 0 fully saturated rings. The summed E-state index contributed by atoms with van der Waals surface area (Å²) in [6, 6.07) is -0.381. The van der Waals surface area contributed by atoms with Crippen LogP contribution in [0.4, 0.5) is 0 Å². The summed E-state index contributed by atoms with van der Waals surface area (Å²) in [7, 11) is -2.39. The number of thiophene rings is 1. The largest absolute Gasteiger partial charge is 0.478 e. The SMILES string of the molecule is CC[C@H](COC)NS(=O)(=O)c1sc2c(c1C(=O)O)CCNC2. The lowest BCUT2D eigenvalue weighted by molar-refractivity contribution is 0.0692. The summed E-state index contributed by atoms with van der Waals surface area (Å²) in [6.45, 7) is 3.24. The first-order valence-corrected chi connectivity index (χ1v) is 9.30. The highest BCUT2D eigenvalue weighted by atomic mass is 32.2. The average molecular weight is 348 g/mol. The third-order valence-corrected chi connectivity index (χ3v) is 6.81. The first-order chi connectivity index (χ1) is 10.4. The van der Waals surface area contributed by atoms with Crippen molar-refractivity contribution in [1.29, 1.82) is 0 Å². The van der Waals surface area contributed by atoms with Gasteiger partial charge < -0.3 is 15.2 Å². The van der Waals surface area contributed by atoms with Crippen LogP contribution in [0.25, 0.3) is 0 Å². The second-order valence-corrected chi connectivity index (χ2v) is 8.09. The standard InChI is InChI=1S/C13H20N2O5S2/c1-3-8(7-20-2)15-22(18,19)13-11(12(16)17)9-4-5-14-6-10(9)21-13/h8,14-15H,3-7H2,1-2H3,(H,16,17)/t8-/m1/s1. The summed E-state index contributed by atoms with van der Waals surface area (Å²) in [5, 5.41) is 12.6. The molecule has 0 aliphatic carbocycles. The molecule has 0 bridgehead atoms. The number of hydrogen-bond acceptors (Lipinski definition) is 6. The van der Waals surface area contributed by atoms with Gasteiger partial charge in [-0.2, -0.15) is 0 Å². The third kappa shape index (κ3) is 3.49. The number of aromatic carboxylic acids is 1. The summed E-state index contributed by atoms with van der Waals surface area (Å²) in [6.07, 6.45) is 1.08. The van der Waals surface area contributed by atoms with Crippen molar-refractivity contribution >= 4 is 27.3 Å². The van der Waals surface area contributed by atoms with E-state index < -0.39 is 16.0 Å². The van der Waals surface area contributed by atoms with Gasteiger partial charge in [0.1, 0.15) is 4.21 Å². The predicted molar refractivity (Wildman–Crippen MR) is 83.0 cm³/mol. The molecule has 3 N–H and O–H groups in total. The Hall–Kier alpha value is -1.00. The molecule has 2 heterocycles. The fourth-order valence-electron chi connectivity index (χ4n) is 2.42. The number of hydrogen-bond donors (Lipinski definition) is 3. The van der Waals surface area contributed by atoms with Crippen molar-refractivity contribution < 1.29 is 23.1 Å². The number of rotatable bonds is 7. The van der Waals surface area contributed by atoms with Crippen molar-refractivity contribution in [3.8, 4) is 0 Å². The van der Waals surface area contributed by atoms with Crippen LogP contribution in [0.15, 0.2) is 4.21 Å². The lowest BCUT2D eigenvalue weighted by Crippen LogP contribution is -2.37. The first-order valence-electron chi connectivity index (χ1n) is 7.00. The van der Waals surface area contributed by atoms with Gasteiger partial charge >= 0.3 is 5.97 Å². The molecule has 0 radical (unpaired) electrons. The molecular weight excluding hydrogens is 328 g/mol. The van der Waals surface area contributed by atoms with E-state index in [9.17, 15) is 18.3 Å². The van der Waals surface area contributed by atoms with E-state index in [-0.39, 0.29) is 22.4 Å². The van der Waals surface area contributed by atoms with Crippen molar-refractivity contribution in [3.63, 3.8) is 0 Å². The molecule has 2 rings (SSSR count). The number of carboxylic acids is 1. The maximum Gasteiger partial charge on any atom is 0.338 e. The van der Waals surface area contributed by atoms with Crippen LogP contribution in [0.3, 0.4) is 0 Å². The van der Waals surface area contributed by atoms with Gasteiger partial charge in [0.25, 0.3) is 10.0 Å². The zero-order valence-corrected chi connectivity index (χ0v) is 14.1. The Kier molecular flexibility index (Phi) is 5.56. The predicted octanol–water partition coefficient (Wildman–Crippen LogP) is 0.795. The van der Waals surface area contributed by atoms with Crippen molar-refractivity contribution in [1.82, 2.24) is 10.0 Å². The van der Waals surface area contributed by atoms with Crippen molar-refractivity contribution in [2.45, 2.75) is 36.6 Å². The van der Waals surface area contributed by atoms with Crippen LogP contribution < -0.4 is 10.0 Å². The van der Waals surface area contributed by atoms with E-state index in [1.54, 1.807) is 0 Å². The number of carbonyl (C=O) groups is 1. The molecule has 22 heavy (non-hydrogen) atoms. The quantitative estimate of drug-likeness (QED) is 0.673. The fraction of sp³-hybridized carbons (Fsp3) is 0.615. The minimum atomic E-state index is -3.88. The van der Waals surface area contributed by atoms with Crippen molar-refractivity contribution in [2.75, 3.05) is 20.3 Å². The minimum absolute atomic E-state index is 0.0822. The second kappa shape index (κ2) is 7.05. The van der Waals surface area contributed by atoms with E-state index in [0.717, 1.165) is 16.2 Å². The second-order valence-electron chi connectivity index (χ2n) is 5.08. The van der Waals surface area contributed by atoms with Gasteiger partial charge in [-0.25, -0.2) is 17.9 Å². The van der Waals surface area contributed by atoms with Gasteiger partial charge in [0.05, 0.1) is 12.2 Å². The Morgan fingerprint density at radius 3 is 2.86 bits per heavy atom. The normalized spacial score (nSPS) is 16.3. The van der Waals surface area contributed by atoms with Crippen molar-refractivity contribution in [3.05, 3.63) is 16.0 Å². The van der Waals surface area contributed by atoms with Crippen LogP contribution in [0, 0.1) is 0 Å². The molecule has 1 atom stereocenters. The lowest BCUT2D eigenvalue weighted by atomic mass is 10.1. The highest BCUT2D eigenvalue weighted by Crippen LogP contribution is 2.34. The van der Waals surface area contributed by atoms with E-state index >= 15 is 0 Å². The van der Waals surface area contributed by atoms with E-state index in [2.05, 4.69) is 10.0 Å². The van der Waals surface area contributed by atoms with Gasteiger partial charge in [0, 0.05) is 24.6 Å². The average Bonchev–Trinajstić information content (AvgIpc) is 2.87. The number of nitrogens with one attached hydrogen (secondary N) is 2. The van der Waals surface area contributed by atoms with Crippen LogP contribution in [-0.2, 0) is 27.7 Å². The number of fused-ring (bicyclic) bond motifs is 1. The summed E-state index contributed by atoms with van der Waals surface area (Å²) < 4.78 is 32.6. The monoisotopic (exact) mass is 348 g/mol. The van der Waals surface area contributed by atoms with Gasteiger partial charge in [-0.05, 0) is 24.9 Å². The minimum Gasteiger partial charge on any atom is -0.478 e. The zero-order valence-electron chi connectivity index (χ0n) is 12.5. The van der Waals surface area contributed by atoms with Crippen LogP contribution in [0.1, 0.15) is 34.1 Å². The number of carboxylic acid groups (broad SMARTS) is 1. The molecule has 0 amide bonds. The fourth-order valence-corrected chi connectivity index (χ4v) is 5.61. The van der Waals surface area contributed by atoms with Gasteiger partial charge in [0.15, 0.2) is 0 Å². The molecule has 124 valence electrons. The van der Waals surface area contributed by atoms with Gasteiger partial charge in [-0.1, -0.05) is 6.92 Å². The highest BCUT2D eigenvalue weighted by Gasteiger charge is 2.32. The van der Waals surface area contributed by atoms with Crippen LogP contribution in [0.5, 0.6) is 0 Å². The summed E-state index contributed by atoms with van der Waals surface area (Å²) >= 11 is 1.03. The van der Waals surface area contributed by atoms with E-state index in [1.807, 2.05) is 6.92 Å². The van der Waals surface area contributed by atoms with E-state index in [0.29, 0.717) is 31.5 Å². The van der Waals surface area contributed by atoms with Gasteiger partial charge in [-0.15, -0.1) is 11.3 Å². The summed E-state index contributed by atoms with van der Waals surface area (Å²) in [5.41, 5.74) is 0.553. The Balaban J connectivity index is 2.42. The van der Waals surface area contributed by atoms with Crippen LogP contribution >= 0.6 is 11.3 Å². The third-order valence-electron chi connectivity index (χ3n) is 3.54. The smallest absolute Gasteiger partial charge is 0.338 e. The van der Waals surface area contributed by atoms with Crippen LogP contribution in [-0.4, -0.2) is 45.8 Å². The van der Waals surface area contributed by atoms with Crippen LogP contribution in [0.2, 0.25) is 0 Å². The van der Waals surface area contributed by atoms with E-state index in [4.69, 9.17) is 4.74 Å². The maximum absolute atomic E-state index is 12.6. The molecular formula is C13H20N2O5S2. The molecule has 1 aromatic heterocycles. The zero-order chi connectivity index (χ0) is 16.3. The van der Waals surface area contributed by atoms with Gasteiger partial charge in [0.2, 0.25) is 0 Å². The Labute approximate surface area is 133 Å². The molecule has 1 aliphatic heterocycles. The number of methoxy groups -OCH3 is 1. The van der Waals surface area contributed by atoms with Crippen molar-refractivity contribution in [2.24, 2.45) is 0 Å². The topological polar surface area (TPSA) is 105 Å². The Morgan fingerprint density at radius 2 is 2.27 bits per heavy atom. The molecule has 1 aromatic rings. The highest BCUT2D eigenvalue weighted by molar-refractivity contribution is 7.91. The maximum atomic E-state index is 12.6. The molecule has 0 saturated carbocycles. The number of sulfonamides is 1. The molecule has 0 saturated heterocycles. The number of ether oxygens (including phenoxy) is 1. The molecule has 0 unspecified atom stereocenters. The summed E-state index contributed by atoms with van der Waals surface area (Å²) in [4.78, 5) is 12.3. The first kappa shape index (κ1) is 17.4. The van der Waals surface area contributed by atoms with Gasteiger partial charge in [-0.3, -0.25) is 0 Å². The molecule has 0 spiro atoms. The Bertz CT molecular complexity index is 654. The molecule has 1 aliphatic rings. The molecule has 9 heteroatoms. The lowest BCUT2D eigenvalue weighted by Gasteiger charge is -2.15. The van der Waals surface area contributed by atoms with E-state index in [1.165, 1.54) is 7.11 Å². The molecule has 0 aromatic carbocycles. The summed E-state index contributed by atoms with van der Waals surface area (Å²) in [5.74, 6) is -1.19. The Morgan fingerprint density at radius 1 is 1.55 bits per heavy atom.